The van der Waals surface area contributed by atoms with Crippen molar-refractivity contribution in [1.29, 1.82) is 0 Å². The average molecular weight is 417 g/mol. The second kappa shape index (κ2) is 9.21. The Bertz CT molecular complexity index is 1040. The molecule has 3 nitrogen and oxygen atoms in total. The van der Waals surface area contributed by atoms with Gasteiger partial charge in [0.05, 0.1) is 11.2 Å². The SMILES string of the molecule is CC(C)Cc1cc(C(C)(C)C)cc(CC(C)C)c1C(=O)Nc1cccc2cccnc12. The van der Waals surface area contributed by atoms with Crippen LogP contribution in [0.2, 0.25) is 0 Å². The molecule has 1 amide bonds. The van der Waals surface area contributed by atoms with Gasteiger partial charge in [-0.25, -0.2) is 0 Å². The van der Waals surface area contributed by atoms with E-state index in [1.807, 2.05) is 30.3 Å². The summed E-state index contributed by atoms with van der Waals surface area (Å²) in [4.78, 5) is 18.2. The van der Waals surface area contributed by atoms with Gasteiger partial charge in [-0.3, -0.25) is 9.78 Å². The van der Waals surface area contributed by atoms with Gasteiger partial charge in [0.2, 0.25) is 0 Å². The molecule has 0 saturated carbocycles. The van der Waals surface area contributed by atoms with Crippen LogP contribution in [0, 0.1) is 11.8 Å². The molecule has 0 unspecified atom stereocenters. The molecule has 0 bridgehead atoms. The standard InChI is InChI=1S/C28H36N2O/c1-18(2)14-21-16-23(28(5,6)7)17-22(15-19(3)4)25(21)27(31)30-24-12-8-10-20-11-9-13-29-26(20)24/h8-13,16-19H,14-15H2,1-7H3,(H,30,31). The van der Waals surface area contributed by atoms with Crippen LogP contribution in [0.4, 0.5) is 5.69 Å². The summed E-state index contributed by atoms with van der Waals surface area (Å²) in [6.45, 7) is 15.6. The van der Waals surface area contributed by atoms with Gasteiger partial charge in [-0.15, -0.1) is 0 Å². The number of rotatable bonds is 6. The van der Waals surface area contributed by atoms with Crippen molar-refractivity contribution >= 4 is 22.5 Å². The van der Waals surface area contributed by atoms with Crippen molar-refractivity contribution < 1.29 is 4.79 Å². The third-order valence-corrected chi connectivity index (χ3v) is 5.53. The molecule has 3 aromatic rings. The first-order valence-electron chi connectivity index (χ1n) is 11.4. The van der Waals surface area contributed by atoms with Crippen LogP contribution >= 0.6 is 0 Å². The molecule has 0 fully saturated rings. The third-order valence-electron chi connectivity index (χ3n) is 5.53. The van der Waals surface area contributed by atoms with E-state index < -0.39 is 0 Å². The number of benzene rings is 2. The Labute approximate surface area is 187 Å². The van der Waals surface area contributed by atoms with Crippen molar-refractivity contribution in [3.63, 3.8) is 0 Å². The van der Waals surface area contributed by atoms with E-state index in [-0.39, 0.29) is 11.3 Å². The Morgan fingerprint density at radius 3 is 2.06 bits per heavy atom. The topological polar surface area (TPSA) is 42.0 Å². The fraction of sp³-hybridized carbons (Fsp3) is 0.429. The summed E-state index contributed by atoms with van der Waals surface area (Å²) in [6.07, 6.45) is 3.53. The molecule has 3 rings (SSSR count). The van der Waals surface area contributed by atoms with Gasteiger partial charge in [0.15, 0.2) is 0 Å². The number of amides is 1. The fourth-order valence-electron chi connectivity index (χ4n) is 4.08. The molecule has 0 radical (unpaired) electrons. The largest absolute Gasteiger partial charge is 0.320 e. The minimum Gasteiger partial charge on any atom is -0.320 e. The van der Waals surface area contributed by atoms with Crippen LogP contribution < -0.4 is 5.32 Å². The zero-order valence-electron chi connectivity index (χ0n) is 20.0. The highest BCUT2D eigenvalue weighted by Crippen LogP contribution is 2.31. The van der Waals surface area contributed by atoms with E-state index in [9.17, 15) is 4.79 Å². The lowest BCUT2D eigenvalue weighted by Crippen LogP contribution is -2.21. The molecule has 1 heterocycles. The third kappa shape index (κ3) is 5.52. The highest BCUT2D eigenvalue weighted by atomic mass is 16.1. The molecule has 0 aliphatic heterocycles. The quantitative estimate of drug-likeness (QED) is 0.462. The summed E-state index contributed by atoms with van der Waals surface area (Å²) in [5.74, 6) is 0.894. The van der Waals surface area contributed by atoms with Crippen molar-refractivity contribution in [1.82, 2.24) is 4.98 Å². The zero-order chi connectivity index (χ0) is 22.8. The van der Waals surface area contributed by atoms with Crippen molar-refractivity contribution in [2.75, 3.05) is 5.32 Å². The molecule has 0 aliphatic rings. The number of nitrogens with one attached hydrogen (secondary N) is 1. The number of nitrogens with zero attached hydrogens (tertiary/aromatic N) is 1. The van der Waals surface area contributed by atoms with E-state index in [1.165, 1.54) is 5.56 Å². The van der Waals surface area contributed by atoms with Crippen LogP contribution in [-0.4, -0.2) is 10.9 Å². The number of carbonyl (C=O) groups is 1. The van der Waals surface area contributed by atoms with Gasteiger partial charge in [0, 0.05) is 17.1 Å². The van der Waals surface area contributed by atoms with E-state index >= 15 is 0 Å². The van der Waals surface area contributed by atoms with Crippen LogP contribution in [0.5, 0.6) is 0 Å². The Morgan fingerprint density at radius 2 is 1.52 bits per heavy atom. The summed E-state index contributed by atoms with van der Waals surface area (Å²) >= 11 is 0. The number of para-hydroxylation sites is 1. The van der Waals surface area contributed by atoms with Crippen LogP contribution in [0.3, 0.4) is 0 Å². The minimum absolute atomic E-state index is 0.0337. The van der Waals surface area contributed by atoms with Gasteiger partial charge in [-0.2, -0.15) is 0 Å². The highest BCUT2D eigenvalue weighted by Gasteiger charge is 2.24. The molecule has 0 saturated heterocycles. The van der Waals surface area contributed by atoms with E-state index in [2.05, 4.69) is 70.9 Å². The number of carbonyl (C=O) groups excluding carboxylic acids is 1. The minimum atomic E-state index is -0.0371. The molecular formula is C28H36N2O. The Balaban J connectivity index is 2.13. The van der Waals surface area contributed by atoms with E-state index in [0.717, 1.165) is 46.1 Å². The van der Waals surface area contributed by atoms with Crippen LogP contribution in [0.25, 0.3) is 10.9 Å². The molecule has 31 heavy (non-hydrogen) atoms. The highest BCUT2D eigenvalue weighted by molar-refractivity contribution is 6.10. The van der Waals surface area contributed by atoms with E-state index in [4.69, 9.17) is 0 Å². The molecule has 0 spiro atoms. The lowest BCUT2D eigenvalue weighted by molar-refractivity contribution is 0.102. The number of hydrogen-bond acceptors (Lipinski definition) is 2. The molecule has 0 atom stereocenters. The molecule has 3 heteroatoms. The van der Waals surface area contributed by atoms with Gasteiger partial charge in [0.25, 0.3) is 5.91 Å². The number of pyridine rings is 1. The molecule has 164 valence electrons. The lowest BCUT2D eigenvalue weighted by atomic mass is 9.80. The molecule has 1 N–H and O–H groups in total. The first-order chi connectivity index (χ1) is 14.6. The first-order valence-corrected chi connectivity index (χ1v) is 11.4. The van der Waals surface area contributed by atoms with Gasteiger partial charge in [-0.1, -0.05) is 78.8 Å². The molecule has 2 aromatic carbocycles. The maximum absolute atomic E-state index is 13.7. The second-order valence-electron chi connectivity index (χ2n) is 10.5. The maximum atomic E-state index is 13.7. The van der Waals surface area contributed by atoms with Gasteiger partial charge in [-0.05, 0) is 58.9 Å². The zero-order valence-corrected chi connectivity index (χ0v) is 20.0. The van der Waals surface area contributed by atoms with Crippen molar-refractivity contribution in [2.45, 2.75) is 66.7 Å². The van der Waals surface area contributed by atoms with Crippen molar-refractivity contribution in [2.24, 2.45) is 11.8 Å². The molecule has 1 aromatic heterocycles. The van der Waals surface area contributed by atoms with Crippen LogP contribution in [0.15, 0.2) is 48.7 Å². The van der Waals surface area contributed by atoms with Gasteiger partial charge >= 0.3 is 0 Å². The predicted octanol–water partition coefficient (Wildman–Crippen LogP) is 7.18. The monoisotopic (exact) mass is 416 g/mol. The maximum Gasteiger partial charge on any atom is 0.256 e. The summed E-state index contributed by atoms with van der Waals surface area (Å²) in [5, 5.41) is 4.21. The van der Waals surface area contributed by atoms with E-state index in [1.54, 1.807) is 6.20 Å². The smallest absolute Gasteiger partial charge is 0.256 e. The first kappa shape index (κ1) is 23.0. The van der Waals surface area contributed by atoms with Crippen molar-refractivity contribution in [3.8, 4) is 0 Å². The Kier molecular flexibility index (Phi) is 6.83. The normalized spacial score (nSPS) is 12.0. The van der Waals surface area contributed by atoms with Gasteiger partial charge < -0.3 is 5.32 Å². The van der Waals surface area contributed by atoms with E-state index in [0.29, 0.717) is 11.8 Å². The summed E-state index contributed by atoms with van der Waals surface area (Å²) in [7, 11) is 0. The second-order valence-corrected chi connectivity index (χ2v) is 10.5. The van der Waals surface area contributed by atoms with Gasteiger partial charge in [0.1, 0.15) is 0 Å². The molecular weight excluding hydrogens is 380 g/mol. The number of anilines is 1. The summed E-state index contributed by atoms with van der Waals surface area (Å²) in [6, 6.07) is 14.4. The number of fused-ring (bicyclic) bond motifs is 1. The van der Waals surface area contributed by atoms with Crippen molar-refractivity contribution in [3.05, 3.63) is 70.9 Å². The van der Waals surface area contributed by atoms with Crippen LogP contribution in [-0.2, 0) is 18.3 Å². The average Bonchev–Trinajstić information content (AvgIpc) is 2.66. The van der Waals surface area contributed by atoms with Crippen LogP contribution in [0.1, 0.15) is 75.5 Å². The summed E-state index contributed by atoms with van der Waals surface area (Å²) in [5.41, 5.74) is 6.03. The number of aromatic nitrogens is 1. The lowest BCUT2D eigenvalue weighted by Gasteiger charge is -2.25. The Hall–Kier alpha value is -2.68. The summed E-state index contributed by atoms with van der Waals surface area (Å²) < 4.78 is 0. The predicted molar refractivity (Wildman–Crippen MR) is 132 cm³/mol. The number of hydrogen-bond donors (Lipinski definition) is 1. The Morgan fingerprint density at radius 1 is 0.935 bits per heavy atom. The molecule has 0 aliphatic carbocycles. The fourth-order valence-corrected chi connectivity index (χ4v) is 4.08.